The van der Waals surface area contributed by atoms with E-state index in [0.29, 0.717) is 31.2 Å². The van der Waals surface area contributed by atoms with Gasteiger partial charge in [-0.15, -0.1) is 23.1 Å². The molecule has 3 rings (SSSR count). The van der Waals surface area contributed by atoms with Gasteiger partial charge in [0.15, 0.2) is 0 Å². The lowest BCUT2D eigenvalue weighted by molar-refractivity contribution is 0.0730. The molecule has 1 saturated heterocycles. The van der Waals surface area contributed by atoms with E-state index in [4.69, 9.17) is 9.72 Å². The zero-order valence-electron chi connectivity index (χ0n) is 15.3. The zero-order valence-corrected chi connectivity index (χ0v) is 17.7. The van der Waals surface area contributed by atoms with Crippen LogP contribution >= 0.6 is 23.1 Å². The molecule has 5 nitrogen and oxygen atoms in total. The molecule has 0 spiro atoms. The Balaban J connectivity index is 1.63. The monoisotopic (exact) mass is 412 g/mol. The van der Waals surface area contributed by atoms with Crippen LogP contribution in [0.25, 0.3) is 0 Å². The van der Waals surface area contributed by atoms with E-state index in [1.165, 1.54) is 4.31 Å². The van der Waals surface area contributed by atoms with Crippen molar-refractivity contribution in [2.45, 2.75) is 41.7 Å². The van der Waals surface area contributed by atoms with Gasteiger partial charge in [0.2, 0.25) is 10.0 Å². The highest BCUT2D eigenvalue weighted by molar-refractivity contribution is 7.98. The van der Waals surface area contributed by atoms with E-state index in [0.717, 1.165) is 21.3 Å². The SMILES string of the molecule is CC(C)(C)c1csc(CSc2ccc(S(=O)(=O)N3CCOCC3)cc2)n1. The normalized spacial score (nSPS) is 16.7. The lowest BCUT2D eigenvalue weighted by Crippen LogP contribution is -2.40. The molecule has 142 valence electrons. The fourth-order valence-corrected chi connectivity index (χ4v) is 5.86. The van der Waals surface area contributed by atoms with Crippen LogP contribution in [0.3, 0.4) is 0 Å². The van der Waals surface area contributed by atoms with E-state index in [9.17, 15) is 8.42 Å². The molecule has 2 heterocycles. The Hall–Kier alpha value is -0.930. The number of hydrogen-bond acceptors (Lipinski definition) is 6. The van der Waals surface area contributed by atoms with Crippen molar-refractivity contribution >= 4 is 33.1 Å². The quantitative estimate of drug-likeness (QED) is 0.700. The van der Waals surface area contributed by atoms with Crippen molar-refractivity contribution in [2.24, 2.45) is 0 Å². The third-order valence-electron chi connectivity index (χ3n) is 4.11. The smallest absolute Gasteiger partial charge is 0.243 e. The highest BCUT2D eigenvalue weighted by atomic mass is 32.2. The summed E-state index contributed by atoms with van der Waals surface area (Å²) in [5.41, 5.74) is 1.18. The van der Waals surface area contributed by atoms with E-state index in [1.807, 2.05) is 12.1 Å². The first-order valence-electron chi connectivity index (χ1n) is 8.52. The fourth-order valence-electron chi connectivity index (χ4n) is 2.51. The largest absolute Gasteiger partial charge is 0.379 e. The second-order valence-electron chi connectivity index (χ2n) is 7.15. The Labute approximate surface area is 163 Å². The van der Waals surface area contributed by atoms with Gasteiger partial charge in [0.25, 0.3) is 0 Å². The Morgan fingerprint density at radius 2 is 1.85 bits per heavy atom. The molecule has 1 aromatic carbocycles. The van der Waals surface area contributed by atoms with Crippen molar-refractivity contribution in [3.63, 3.8) is 0 Å². The lowest BCUT2D eigenvalue weighted by atomic mass is 9.93. The van der Waals surface area contributed by atoms with Gasteiger partial charge in [-0.25, -0.2) is 13.4 Å². The summed E-state index contributed by atoms with van der Waals surface area (Å²) in [7, 11) is -3.43. The summed E-state index contributed by atoms with van der Waals surface area (Å²) in [6, 6.07) is 7.12. The van der Waals surface area contributed by atoms with Gasteiger partial charge in [0.05, 0.1) is 29.6 Å². The molecule has 0 N–H and O–H groups in total. The molecule has 1 aromatic heterocycles. The van der Waals surface area contributed by atoms with Crippen LogP contribution < -0.4 is 0 Å². The minimum atomic E-state index is -3.43. The minimum absolute atomic E-state index is 0.0644. The molecule has 26 heavy (non-hydrogen) atoms. The minimum Gasteiger partial charge on any atom is -0.379 e. The second-order valence-corrected chi connectivity index (χ2v) is 11.1. The van der Waals surface area contributed by atoms with Gasteiger partial charge >= 0.3 is 0 Å². The number of benzene rings is 1. The van der Waals surface area contributed by atoms with Crippen LogP contribution in [0.4, 0.5) is 0 Å². The number of rotatable bonds is 5. The summed E-state index contributed by atoms with van der Waals surface area (Å²) in [6.07, 6.45) is 0. The van der Waals surface area contributed by atoms with Crippen LogP contribution in [0.5, 0.6) is 0 Å². The van der Waals surface area contributed by atoms with E-state index in [2.05, 4.69) is 26.2 Å². The van der Waals surface area contributed by atoms with Crippen LogP contribution in [-0.4, -0.2) is 44.0 Å². The van der Waals surface area contributed by atoms with Crippen molar-refractivity contribution in [3.8, 4) is 0 Å². The summed E-state index contributed by atoms with van der Waals surface area (Å²) in [5.74, 6) is 0.788. The fraction of sp³-hybridized carbons (Fsp3) is 0.500. The summed E-state index contributed by atoms with van der Waals surface area (Å²) in [4.78, 5) is 6.08. The number of sulfonamides is 1. The maximum atomic E-state index is 12.6. The van der Waals surface area contributed by atoms with Crippen LogP contribution in [0.2, 0.25) is 0 Å². The number of hydrogen-bond donors (Lipinski definition) is 0. The first-order chi connectivity index (χ1) is 12.3. The average Bonchev–Trinajstić information content (AvgIpc) is 3.10. The predicted molar refractivity (Wildman–Crippen MR) is 106 cm³/mol. The molecule has 0 atom stereocenters. The summed E-state index contributed by atoms with van der Waals surface area (Å²) in [5, 5.41) is 3.21. The van der Waals surface area contributed by atoms with Crippen molar-refractivity contribution in [1.82, 2.24) is 9.29 Å². The van der Waals surface area contributed by atoms with Crippen LogP contribution in [0.15, 0.2) is 39.4 Å². The third-order valence-corrected chi connectivity index (χ3v) is 8.08. The molecule has 1 aliphatic heterocycles. The number of thioether (sulfide) groups is 1. The highest BCUT2D eigenvalue weighted by Gasteiger charge is 2.26. The Kier molecular flexibility index (Phi) is 6.08. The molecule has 2 aromatic rings. The average molecular weight is 413 g/mol. The topological polar surface area (TPSA) is 59.5 Å². The highest BCUT2D eigenvalue weighted by Crippen LogP contribution is 2.29. The molecule has 1 fully saturated rings. The van der Waals surface area contributed by atoms with E-state index in [1.54, 1.807) is 35.2 Å². The number of aromatic nitrogens is 1. The maximum absolute atomic E-state index is 12.6. The van der Waals surface area contributed by atoms with Gasteiger partial charge in [0, 0.05) is 28.8 Å². The van der Waals surface area contributed by atoms with Crippen molar-refractivity contribution in [1.29, 1.82) is 0 Å². The standard InChI is InChI=1S/C18H24N2O3S3/c1-18(2,3)16-12-25-17(19-16)13-24-14-4-6-15(7-5-14)26(21,22)20-8-10-23-11-9-20/h4-7,12H,8-11,13H2,1-3H3. The number of morpholine rings is 1. The van der Waals surface area contributed by atoms with Crippen molar-refractivity contribution in [2.75, 3.05) is 26.3 Å². The summed E-state index contributed by atoms with van der Waals surface area (Å²) >= 11 is 3.35. The zero-order chi connectivity index (χ0) is 18.8. The molecule has 0 amide bonds. The van der Waals surface area contributed by atoms with E-state index in [-0.39, 0.29) is 5.41 Å². The molecular weight excluding hydrogens is 388 g/mol. The molecular formula is C18H24N2O3S3. The molecule has 8 heteroatoms. The van der Waals surface area contributed by atoms with Gasteiger partial charge in [0.1, 0.15) is 5.01 Å². The molecule has 1 aliphatic rings. The Morgan fingerprint density at radius 3 is 2.42 bits per heavy atom. The van der Waals surface area contributed by atoms with Crippen molar-refractivity contribution in [3.05, 3.63) is 40.3 Å². The predicted octanol–water partition coefficient (Wildman–Crippen LogP) is 3.75. The first kappa shape index (κ1) is 19.8. The van der Waals surface area contributed by atoms with Gasteiger partial charge in [-0.2, -0.15) is 4.31 Å². The molecule has 0 radical (unpaired) electrons. The first-order valence-corrected chi connectivity index (χ1v) is 11.8. The lowest BCUT2D eigenvalue weighted by Gasteiger charge is -2.26. The van der Waals surface area contributed by atoms with Crippen LogP contribution in [0.1, 0.15) is 31.5 Å². The van der Waals surface area contributed by atoms with Gasteiger partial charge in [-0.3, -0.25) is 0 Å². The van der Waals surface area contributed by atoms with Gasteiger partial charge in [-0.1, -0.05) is 20.8 Å². The molecule has 0 aliphatic carbocycles. The van der Waals surface area contributed by atoms with Gasteiger partial charge in [-0.05, 0) is 24.3 Å². The van der Waals surface area contributed by atoms with E-state index >= 15 is 0 Å². The second kappa shape index (κ2) is 7.98. The van der Waals surface area contributed by atoms with Gasteiger partial charge < -0.3 is 4.74 Å². The number of thiazole rings is 1. The number of ether oxygens (including phenoxy) is 1. The van der Waals surface area contributed by atoms with Crippen LogP contribution in [0, 0.1) is 0 Å². The van der Waals surface area contributed by atoms with Crippen molar-refractivity contribution < 1.29 is 13.2 Å². The third kappa shape index (κ3) is 4.67. The van der Waals surface area contributed by atoms with Crippen LogP contribution in [-0.2, 0) is 25.9 Å². The molecule has 0 bridgehead atoms. The molecule has 0 saturated carbocycles. The summed E-state index contributed by atoms with van der Waals surface area (Å²) in [6.45, 7) is 8.22. The maximum Gasteiger partial charge on any atom is 0.243 e. The Bertz CT molecular complexity index is 833. The number of nitrogens with zero attached hydrogens (tertiary/aromatic N) is 2. The summed E-state index contributed by atoms with van der Waals surface area (Å²) < 4.78 is 32.0. The molecule has 0 unspecified atom stereocenters. The Morgan fingerprint density at radius 1 is 1.19 bits per heavy atom. The van der Waals surface area contributed by atoms with E-state index < -0.39 is 10.0 Å².